The van der Waals surface area contributed by atoms with E-state index in [1.807, 2.05) is 45.9 Å². The number of hydrogen-bond acceptors (Lipinski definition) is 4. The summed E-state index contributed by atoms with van der Waals surface area (Å²) in [5.41, 5.74) is 0.978. The lowest BCUT2D eigenvalue weighted by atomic mass is 10.2. The lowest BCUT2D eigenvalue weighted by Crippen LogP contribution is -2.33. The quantitative estimate of drug-likeness (QED) is 0.856. The number of carbonyl (C=O) groups excluding carboxylic acids is 2. The van der Waals surface area contributed by atoms with Crippen molar-refractivity contribution in [1.82, 2.24) is 4.90 Å². The Morgan fingerprint density at radius 3 is 2.54 bits per heavy atom. The van der Waals surface area contributed by atoms with Crippen LogP contribution in [0.3, 0.4) is 0 Å². The minimum absolute atomic E-state index is 0.276. The summed E-state index contributed by atoms with van der Waals surface area (Å²) in [5, 5.41) is 2.81. The summed E-state index contributed by atoms with van der Waals surface area (Å²) in [6.07, 6.45) is 0.342. The SMILES string of the molecule is CCc1ccc(C(=O)Nc2cccc(CN(C)C(=O)OC(C)(C)C)c2)o1. The summed E-state index contributed by atoms with van der Waals surface area (Å²) in [4.78, 5) is 25.8. The first-order valence-corrected chi connectivity index (χ1v) is 8.61. The van der Waals surface area contributed by atoms with Gasteiger partial charge < -0.3 is 19.4 Å². The van der Waals surface area contributed by atoms with Crippen molar-refractivity contribution in [3.63, 3.8) is 0 Å². The summed E-state index contributed by atoms with van der Waals surface area (Å²) < 4.78 is 10.8. The highest BCUT2D eigenvalue weighted by molar-refractivity contribution is 6.02. The number of benzene rings is 1. The molecule has 1 aromatic carbocycles. The minimum atomic E-state index is -0.540. The predicted octanol–water partition coefficient (Wildman–Crippen LogP) is 4.46. The van der Waals surface area contributed by atoms with Crippen molar-refractivity contribution in [2.45, 2.75) is 46.3 Å². The molecule has 2 amide bonds. The van der Waals surface area contributed by atoms with E-state index in [0.717, 1.165) is 17.7 Å². The van der Waals surface area contributed by atoms with Crippen molar-refractivity contribution in [1.29, 1.82) is 0 Å². The van der Waals surface area contributed by atoms with Gasteiger partial charge in [0.05, 0.1) is 0 Å². The Morgan fingerprint density at radius 2 is 1.92 bits per heavy atom. The third kappa shape index (κ3) is 5.65. The maximum atomic E-state index is 12.3. The second-order valence-corrected chi connectivity index (χ2v) is 7.11. The third-order valence-electron chi connectivity index (χ3n) is 3.54. The van der Waals surface area contributed by atoms with Gasteiger partial charge in [0.1, 0.15) is 11.4 Å². The van der Waals surface area contributed by atoms with Crippen LogP contribution < -0.4 is 5.32 Å². The number of furan rings is 1. The number of rotatable bonds is 5. The fourth-order valence-corrected chi connectivity index (χ4v) is 2.31. The van der Waals surface area contributed by atoms with Crippen molar-refractivity contribution in [3.05, 3.63) is 53.5 Å². The Morgan fingerprint density at radius 1 is 1.19 bits per heavy atom. The van der Waals surface area contributed by atoms with Gasteiger partial charge in [0.15, 0.2) is 5.76 Å². The molecule has 26 heavy (non-hydrogen) atoms. The first kappa shape index (κ1) is 19.6. The monoisotopic (exact) mass is 358 g/mol. The summed E-state index contributed by atoms with van der Waals surface area (Å²) in [6.45, 7) is 7.82. The summed E-state index contributed by atoms with van der Waals surface area (Å²) >= 11 is 0. The van der Waals surface area contributed by atoms with Crippen LogP contribution in [0.2, 0.25) is 0 Å². The van der Waals surface area contributed by atoms with Crippen LogP contribution >= 0.6 is 0 Å². The van der Waals surface area contributed by atoms with E-state index in [1.165, 1.54) is 4.90 Å². The highest BCUT2D eigenvalue weighted by atomic mass is 16.6. The Hall–Kier alpha value is -2.76. The van der Waals surface area contributed by atoms with Crippen LogP contribution in [0.4, 0.5) is 10.5 Å². The molecule has 0 unspecified atom stereocenters. The van der Waals surface area contributed by atoms with Gasteiger partial charge in [0.25, 0.3) is 5.91 Å². The number of anilines is 1. The molecule has 0 aliphatic carbocycles. The van der Waals surface area contributed by atoms with Gasteiger partial charge >= 0.3 is 6.09 Å². The molecule has 6 heteroatoms. The molecule has 140 valence electrons. The van der Waals surface area contributed by atoms with Crippen LogP contribution in [0.25, 0.3) is 0 Å². The first-order valence-electron chi connectivity index (χ1n) is 8.61. The van der Waals surface area contributed by atoms with Crippen molar-refractivity contribution < 1.29 is 18.7 Å². The van der Waals surface area contributed by atoms with Crippen molar-refractivity contribution in [2.24, 2.45) is 0 Å². The van der Waals surface area contributed by atoms with Crippen LogP contribution in [0, 0.1) is 0 Å². The maximum absolute atomic E-state index is 12.3. The van der Waals surface area contributed by atoms with Gasteiger partial charge in [-0.25, -0.2) is 4.79 Å². The van der Waals surface area contributed by atoms with Gasteiger partial charge in [-0.1, -0.05) is 19.1 Å². The van der Waals surface area contributed by atoms with Crippen LogP contribution in [-0.2, 0) is 17.7 Å². The smallest absolute Gasteiger partial charge is 0.410 e. The van der Waals surface area contributed by atoms with Gasteiger partial charge in [0, 0.05) is 25.7 Å². The second-order valence-electron chi connectivity index (χ2n) is 7.11. The topological polar surface area (TPSA) is 71.8 Å². The molecule has 0 spiro atoms. The third-order valence-corrected chi connectivity index (χ3v) is 3.54. The van der Waals surface area contributed by atoms with E-state index in [2.05, 4.69) is 5.32 Å². The summed E-state index contributed by atoms with van der Waals surface area (Å²) in [5.74, 6) is 0.739. The Labute approximate surface area is 154 Å². The molecule has 0 saturated carbocycles. The fourth-order valence-electron chi connectivity index (χ4n) is 2.31. The average Bonchev–Trinajstić information content (AvgIpc) is 3.02. The van der Waals surface area contributed by atoms with Gasteiger partial charge in [-0.05, 0) is 50.6 Å². The number of ether oxygens (including phenoxy) is 1. The normalized spacial score (nSPS) is 11.1. The van der Waals surface area contributed by atoms with Gasteiger partial charge in [-0.2, -0.15) is 0 Å². The molecule has 2 rings (SSSR count). The molecular weight excluding hydrogens is 332 g/mol. The van der Waals surface area contributed by atoms with Gasteiger partial charge in [-0.3, -0.25) is 4.79 Å². The highest BCUT2D eigenvalue weighted by Gasteiger charge is 2.19. The molecule has 0 aliphatic heterocycles. The Bertz CT molecular complexity index is 774. The second kappa shape index (κ2) is 8.08. The first-order chi connectivity index (χ1) is 12.2. The van der Waals surface area contributed by atoms with Crippen molar-refractivity contribution in [2.75, 3.05) is 12.4 Å². The molecule has 0 saturated heterocycles. The molecule has 0 bridgehead atoms. The molecule has 0 radical (unpaired) electrons. The van der Waals surface area contributed by atoms with Gasteiger partial charge in [-0.15, -0.1) is 0 Å². The maximum Gasteiger partial charge on any atom is 0.410 e. The number of nitrogens with one attached hydrogen (secondary N) is 1. The zero-order valence-corrected chi connectivity index (χ0v) is 16.0. The van der Waals surface area contributed by atoms with Crippen LogP contribution in [-0.4, -0.2) is 29.5 Å². The zero-order valence-electron chi connectivity index (χ0n) is 16.0. The van der Waals surface area contributed by atoms with E-state index in [9.17, 15) is 9.59 Å². The molecular formula is C20H26N2O4. The van der Waals surface area contributed by atoms with E-state index >= 15 is 0 Å². The highest BCUT2D eigenvalue weighted by Crippen LogP contribution is 2.16. The van der Waals surface area contributed by atoms with E-state index < -0.39 is 11.7 Å². The molecule has 0 aliphatic rings. The minimum Gasteiger partial charge on any atom is -0.456 e. The summed E-state index contributed by atoms with van der Waals surface area (Å²) in [6, 6.07) is 10.8. The van der Waals surface area contributed by atoms with E-state index in [-0.39, 0.29) is 11.7 Å². The fraction of sp³-hybridized carbons (Fsp3) is 0.400. The Balaban J connectivity index is 2.01. The molecule has 1 aromatic heterocycles. The van der Waals surface area contributed by atoms with Crippen molar-refractivity contribution >= 4 is 17.7 Å². The molecule has 1 heterocycles. The molecule has 0 atom stereocenters. The standard InChI is InChI=1S/C20H26N2O4/c1-6-16-10-11-17(25-16)18(23)21-15-9-7-8-14(12-15)13-22(5)19(24)26-20(2,3)4/h7-12H,6,13H2,1-5H3,(H,21,23). The lowest BCUT2D eigenvalue weighted by Gasteiger charge is -2.24. The number of aryl methyl sites for hydroxylation is 1. The largest absolute Gasteiger partial charge is 0.456 e. The molecule has 6 nitrogen and oxygen atoms in total. The van der Waals surface area contributed by atoms with Crippen LogP contribution in [0.15, 0.2) is 40.8 Å². The number of nitrogens with zero attached hydrogens (tertiary/aromatic N) is 1. The lowest BCUT2D eigenvalue weighted by molar-refractivity contribution is 0.0285. The number of carbonyl (C=O) groups is 2. The van der Waals surface area contributed by atoms with E-state index in [1.54, 1.807) is 25.2 Å². The summed E-state index contributed by atoms with van der Waals surface area (Å²) in [7, 11) is 1.68. The van der Waals surface area contributed by atoms with Crippen LogP contribution in [0.1, 0.15) is 49.6 Å². The van der Waals surface area contributed by atoms with Crippen LogP contribution in [0.5, 0.6) is 0 Å². The van der Waals surface area contributed by atoms with Crippen molar-refractivity contribution in [3.8, 4) is 0 Å². The Kier molecular flexibility index (Phi) is 6.08. The van der Waals surface area contributed by atoms with E-state index in [4.69, 9.17) is 9.15 Å². The van der Waals surface area contributed by atoms with E-state index in [0.29, 0.717) is 12.2 Å². The average molecular weight is 358 g/mol. The zero-order chi connectivity index (χ0) is 19.3. The molecule has 0 fully saturated rings. The molecule has 2 aromatic rings. The number of hydrogen-bond donors (Lipinski definition) is 1. The predicted molar refractivity (Wildman–Crippen MR) is 100 cm³/mol. The number of amides is 2. The molecule has 1 N–H and O–H groups in total. The van der Waals surface area contributed by atoms with Gasteiger partial charge in [0.2, 0.25) is 0 Å².